The number of imidazole rings is 1. The molecule has 0 amide bonds. The van der Waals surface area contributed by atoms with E-state index >= 15 is 0 Å². The molecule has 0 aliphatic heterocycles. The molecule has 1 aliphatic carbocycles. The molecular weight excluding hydrogens is 248 g/mol. The van der Waals surface area contributed by atoms with Crippen molar-refractivity contribution in [3.63, 3.8) is 0 Å². The van der Waals surface area contributed by atoms with E-state index in [-0.39, 0.29) is 5.41 Å². The normalized spacial score (nSPS) is 16.7. The Hall–Kier alpha value is -2.07. The first-order chi connectivity index (χ1) is 9.73. The van der Waals surface area contributed by atoms with E-state index in [9.17, 15) is 0 Å². The van der Waals surface area contributed by atoms with Gasteiger partial charge in [0, 0.05) is 34.1 Å². The first-order valence-corrected chi connectivity index (χ1v) is 7.07. The molecule has 0 atom stereocenters. The van der Waals surface area contributed by atoms with E-state index in [2.05, 4.69) is 40.1 Å². The number of para-hydroxylation sites is 1. The summed E-state index contributed by atoms with van der Waals surface area (Å²) in [5.74, 6) is 1.04. The van der Waals surface area contributed by atoms with Crippen LogP contribution >= 0.6 is 0 Å². The van der Waals surface area contributed by atoms with Gasteiger partial charge in [-0.2, -0.15) is 0 Å². The molecule has 3 aromatic rings. The standard InChI is InChI=1S/C16H18N4/c1-10-14(11-4-2-3-5-12(11)19-10)13-8-18-15(20-13)16(9-17)6-7-16/h2-5,8,19H,6-7,9,17H2,1H3,(H,18,20). The van der Waals surface area contributed by atoms with E-state index in [4.69, 9.17) is 5.73 Å². The Labute approximate surface area is 117 Å². The van der Waals surface area contributed by atoms with Crippen LogP contribution in [-0.4, -0.2) is 21.5 Å². The molecule has 4 nitrogen and oxygen atoms in total. The minimum Gasteiger partial charge on any atom is -0.358 e. The third-order valence-corrected chi connectivity index (χ3v) is 4.49. The largest absolute Gasteiger partial charge is 0.358 e. The summed E-state index contributed by atoms with van der Waals surface area (Å²) in [5, 5.41) is 1.23. The second kappa shape index (κ2) is 3.96. The van der Waals surface area contributed by atoms with Crippen LogP contribution in [0.3, 0.4) is 0 Å². The predicted octanol–water partition coefficient (Wildman–Crippen LogP) is 2.86. The number of nitrogens with zero attached hydrogens (tertiary/aromatic N) is 1. The topological polar surface area (TPSA) is 70.5 Å². The third kappa shape index (κ3) is 1.55. The fraction of sp³-hybridized carbons (Fsp3) is 0.312. The summed E-state index contributed by atoms with van der Waals surface area (Å²) in [4.78, 5) is 11.5. The lowest BCUT2D eigenvalue weighted by atomic mass is 10.1. The van der Waals surface area contributed by atoms with Crippen molar-refractivity contribution in [3.8, 4) is 11.3 Å². The lowest BCUT2D eigenvalue weighted by Gasteiger charge is -2.07. The molecule has 1 aliphatic rings. The molecule has 1 saturated carbocycles. The van der Waals surface area contributed by atoms with Crippen molar-refractivity contribution in [2.45, 2.75) is 25.2 Å². The summed E-state index contributed by atoms with van der Waals surface area (Å²) in [6, 6.07) is 8.36. The van der Waals surface area contributed by atoms with Crippen molar-refractivity contribution >= 4 is 10.9 Å². The summed E-state index contributed by atoms with van der Waals surface area (Å²) < 4.78 is 0. The van der Waals surface area contributed by atoms with Gasteiger partial charge in [-0.3, -0.25) is 0 Å². The molecule has 2 aromatic heterocycles. The highest BCUT2D eigenvalue weighted by Gasteiger charge is 2.45. The van der Waals surface area contributed by atoms with Crippen LogP contribution in [0.4, 0.5) is 0 Å². The van der Waals surface area contributed by atoms with Gasteiger partial charge in [-0.05, 0) is 25.8 Å². The van der Waals surface area contributed by atoms with Gasteiger partial charge >= 0.3 is 0 Å². The Kier molecular flexibility index (Phi) is 2.32. The van der Waals surface area contributed by atoms with Crippen LogP contribution in [0, 0.1) is 6.92 Å². The average Bonchev–Trinajstić information content (AvgIpc) is 2.98. The second-order valence-corrected chi connectivity index (χ2v) is 5.80. The molecule has 1 fully saturated rings. The minimum atomic E-state index is 0.109. The van der Waals surface area contributed by atoms with Gasteiger partial charge in [0.25, 0.3) is 0 Å². The van der Waals surface area contributed by atoms with Crippen LogP contribution in [0.25, 0.3) is 22.2 Å². The summed E-state index contributed by atoms with van der Waals surface area (Å²) >= 11 is 0. The summed E-state index contributed by atoms with van der Waals surface area (Å²) in [5.41, 5.74) is 10.6. The van der Waals surface area contributed by atoms with Crippen LogP contribution in [0.15, 0.2) is 30.5 Å². The van der Waals surface area contributed by atoms with Crippen LogP contribution in [0.1, 0.15) is 24.4 Å². The van der Waals surface area contributed by atoms with E-state index < -0.39 is 0 Å². The molecule has 0 radical (unpaired) electrons. The number of hydrogen-bond donors (Lipinski definition) is 3. The van der Waals surface area contributed by atoms with E-state index in [0.717, 1.165) is 29.9 Å². The van der Waals surface area contributed by atoms with Crippen molar-refractivity contribution in [1.29, 1.82) is 0 Å². The number of H-pyrrole nitrogens is 2. The Morgan fingerprint density at radius 2 is 2.05 bits per heavy atom. The molecule has 20 heavy (non-hydrogen) atoms. The van der Waals surface area contributed by atoms with Crippen LogP contribution in [0.2, 0.25) is 0 Å². The molecule has 0 bridgehead atoms. The van der Waals surface area contributed by atoms with Crippen LogP contribution in [0.5, 0.6) is 0 Å². The van der Waals surface area contributed by atoms with Gasteiger partial charge in [0.2, 0.25) is 0 Å². The van der Waals surface area contributed by atoms with Crippen LogP contribution < -0.4 is 5.73 Å². The van der Waals surface area contributed by atoms with Crippen molar-refractivity contribution in [3.05, 3.63) is 42.0 Å². The second-order valence-electron chi connectivity index (χ2n) is 5.80. The summed E-state index contributed by atoms with van der Waals surface area (Å²) in [7, 11) is 0. The average molecular weight is 266 g/mol. The SMILES string of the molecule is Cc1[nH]c2ccccc2c1-c1cnc(C2(CN)CC2)[nH]1. The van der Waals surface area contributed by atoms with Gasteiger partial charge in [0.15, 0.2) is 0 Å². The monoisotopic (exact) mass is 266 g/mol. The fourth-order valence-corrected chi connectivity index (χ4v) is 3.03. The fourth-order valence-electron chi connectivity index (χ4n) is 3.03. The van der Waals surface area contributed by atoms with E-state index in [1.165, 1.54) is 16.6 Å². The van der Waals surface area contributed by atoms with Crippen molar-refractivity contribution < 1.29 is 0 Å². The number of fused-ring (bicyclic) bond motifs is 1. The Morgan fingerprint density at radius 1 is 1.25 bits per heavy atom. The summed E-state index contributed by atoms with van der Waals surface area (Å²) in [6.07, 6.45) is 4.22. The number of rotatable bonds is 3. The number of aromatic amines is 2. The zero-order chi connectivity index (χ0) is 13.7. The quantitative estimate of drug-likeness (QED) is 0.682. The third-order valence-electron chi connectivity index (χ3n) is 4.49. The van der Waals surface area contributed by atoms with Gasteiger partial charge in [0.1, 0.15) is 5.82 Å². The van der Waals surface area contributed by atoms with Crippen molar-refractivity contribution in [1.82, 2.24) is 15.0 Å². The van der Waals surface area contributed by atoms with Gasteiger partial charge in [-0.25, -0.2) is 4.98 Å². The van der Waals surface area contributed by atoms with Gasteiger partial charge in [0.05, 0.1) is 11.9 Å². The highest BCUT2D eigenvalue weighted by Crippen LogP contribution is 2.46. The number of hydrogen-bond acceptors (Lipinski definition) is 2. The number of nitrogens with one attached hydrogen (secondary N) is 2. The number of nitrogens with two attached hydrogens (primary N) is 1. The van der Waals surface area contributed by atoms with Crippen LogP contribution in [-0.2, 0) is 5.41 Å². The first kappa shape index (κ1) is 11.7. The van der Waals surface area contributed by atoms with E-state index in [0.29, 0.717) is 6.54 Å². The first-order valence-electron chi connectivity index (χ1n) is 7.07. The highest BCUT2D eigenvalue weighted by molar-refractivity contribution is 5.96. The Balaban J connectivity index is 1.86. The number of aryl methyl sites for hydroxylation is 1. The van der Waals surface area contributed by atoms with Gasteiger partial charge in [-0.15, -0.1) is 0 Å². The molecule has 2 heterocycles. The molecular formula is C16H18N4. The maximum atomic E-state index is 5.88. The number of benzene rings is 1. The predicted molar refractivity (Wildman–Crippen MR) is 80.6 cm³/mol. The Morgan fingerprint density at radius 3 is 2.80 bits per heavy atom. The van der Waals surface area contributed by atoms with Crippen molar-refractivity contribution in [2.24, 2.45) is 5.73 Å². The summed E-state index contributed by atoms with van der Waals surface area (Å²) in [6.45, 7) is 2.78. The zero-order valence-corrected chi connectivity index (χ0v) is 11.5. The molecule has 4 heteroatoms. The molecule has 102 valence electrons. The molecule has 1 aromatic carbocycles. The van der Waals surface area contributed by atoms with Gasteiger partial charge in [-0.1, -0.05) is 18.2 Å². The maximum Gasteiger partial charge on any atom is 0.114 e. The Bertz CT molecular complexity index is 777. The molecule has 4 rings (SSSR count). The van der Waals surface area contributed by atoms with Gasteiger partial charge < -0.3 is 15.7 Å². The lowest BCUT2D eigenvalue weighted by Crippen LogP contribution is -2.21. The minimum absolute atomic E-state index is 0.109. The lowest BCUT2D eigenvalue weighted by molar-refractivity contribution is 0.659. The highest BCUT2D eigenvalue weighted by atomic mass is 15.0. The maximum absolute atomic E-state index is 5.88. The molecule has 0 saturated heterocycles. The number of aromatic nitrogens is 3. The molecule has 4 N–H and O–H groups in total. The zero-order valence-electron chi connectivity index (χ0n) is 11.5. The molecule has 0 spiro atoms. The smallest absolute Gasteiger partial charge is 0.114 e. The molecule has 0 unspecified atom stereocenters. The van der Waals surface area contributed by atoms with Crippen molar-refractivity contribution in [2.75, 3.05) is 6.54 Å². The van der Waals surface area contributed by atoms with E-state index in [1.54, 1.807) is 0 Å². The van der Waals surface area contributed by atoms with E-state index in [1.807, 2.05) is 12.3 Å².